The third-order valence-electron chi connectivity index (χ3n) is 4.20. The summed E-state index contributed by atoms with van der Waals surface area (Å²) in [5.74, 6) is 0.973. The van der Waals surface area contributed by atoms with Gasteiger partial charge in [-0.3, -0.25) is 0 Å². The normalized spacial score (nSPS) is 19.7. The van der Waals surface area contributed by atoms with Gasteiger partial charge in [-0.15, -0.1) is 0 Å². The molecule has 0 bridgehead atoms. The van der Waals surface area contributed by atoms with Crippen LogP contribution >= 0.6 is 12.2 Å². The number of hydrogen-bond acceptors (Lipinski definition) is 3. The second-order valence-corrected chi connectivity index (χ2v) is 9.07. The molecule has 0 amide bonds. The van der Waals surface area contributed by atoms with Crippen LogP contribution < -0.4 is 5.32 Å². The molecule has 1 aromatic carbocycles. The lowest BCUT2D eigenvalue weighted by Gasteiger charge is -2.30. The van der Waals surface area contributed by atoms with E-state index in [2.05, 4.69) is 38.2 Å². The molecule has 23 heavy (non-hydrogen) atoms. The Hall–Kier alpha value is -1.14. The lowest BCUT2D eigenvalue weighted by atomic mass is 10.0. The number of hydrogen-bond donors (Lipinski definition) is 1. The summed E-state index contributed by atoms with van der Waals surface area (Å²) in [5.41, 5.74) is 2.23. The third kappa shape index (κ3) is 4.91. The molecule has 2 rings (SSSR count). The minimum Gasteiger partial charge on any atom is -0.345 e. The summed E-state index contributed by atoms with van der Waals surface area (Å²) in [6.07, 6.45) is 1.60. The van der Waals surface area contributed by atoms with Crippen LogP contribution in [0.4, 0.5) is 5.69 Å². The first kappa shape index (κ1) is 18.2. The molecule has 1 fully saturated rings. The van der Waals surface area contributed by atoms with E-state index in [-0.39, 0.29) is 17.5 Å². The monoisotopic (exact) mass is 354 g/mol. The van der Waals surface area contributed by atoms with E-state index in [0.717, 1.165) is 18.7 Å². The summed E-state index contributed by atoms with van der Waals surface area (Å²) in [5, 5.41) is 3.88. The van der Waals surface area contributed by atoms with Crippen molar-refractivity contribution in [2.24, 2.45) is 0 Å². The van der Waals surface area contributed by atoms with Crippen LogP contribution in [0.1, 0.15) is 45.1 Å². The van der Waals surface area contributed by atoms with Crippen molar-refractivity contribution in [2.75, 3.05) is 23.4 Å². The number of nitrogens with one attached hydrogen (secondary N) is 1. The first-order valence-corrected chi connectivity index (χ1v) is 10.4. The molecule has 0 aromatic heterocycles. The average Bonchev–Trinajstić information content (AvgIpc) is 2.85. The Morgan fingerprint density at radius 2 is 2.00 bits per heavy atom. The number of benzene rings is 1. The van der Waals surface area contributed by atoms with Gasteiger partial charge >= 0.3 is 0 Å². The Labute approximate surface area is 145 Å². The lowest BCUT2D eigenvalue weighted by Crippen LogP contribution is -2.43. The van der Waals surface area contributed by atoms with Gasteiger partial charge in [0.2, 0.25) is 0 Å². The molecule has 4 nitrogen and oxygen atoms in total. The molecule has 1 aliphatic rings. The van der Waals surface area contributed by atoms with E-state index in [0.29, 0.717) is 17.5 Å². The minimum absolute atomic E-state index is 0.00473. The fourth-order valence-electron chi connectivity index (χ4n) is 2.86. The zero-order valence-electron chi connectivity index (χ0n) is 14.1. The quantitative estimate of drug-likeness (QED) is 0.821. The second-order valence-electron chi connectivity index (χ2n) is 6.46. The van der Waals surface area contributed by atoms with Crippen LogP contribution in [0.2, 0.25) is 0 Å². The molecule has 1 saturated heterocycles. The van der Waals surface area contributed by atoms with Crippen molar-refractivity contribution in [3.8, 4) is 0 Å². The van der Waals surface area contributed by atoms with Crippen LogP contribution in [0.15, 0.2) is 24.3 Å². The van der Waals surface area contributed by atoms with Gasteiger partial charge in [0.05, 0.1) is 11.5 Å². The van der Waals surface area contributed by atoms with E-state index in [9.17, 15) is 8.42 Å². The maximum absolute atomic E-state index is 11.7. The van der Waals surface area contributed by atoms with Gasteiger partial charge in [-0.1, -0.05) is 32.9 Å². The van der Waals surface area contributed by atoms with Crippen LogP contribution in [0.5, 0.6) is 0 Å². The molecule has 0 spiro atoms. The summed E-state index contributed by atoms with van der Waals surface area (Å²) in [4.78, 5) is 2.04. The van der Waals surface area contributed by atoms with Gasteiger partial charge in [0.1, 0.15) is 0 Å². The summed E-state index contributed by atoms with van der Waals surface area (Å²) < 4.78 is 23.5. The van der Waals surface area contributed by atoms with Gasteiger partial charge in [0, 0.05) is 18.3 Å². The molecule has 0 aliphatic carbocycles. The van der Waals surface area contributed by atoms with Gasteiger partial charge < -0.3 is 10.2 Å². The molecule has 0 saturated carbocycles. The van der Waals surface area contributed by atoms with Crippen molar-refractivity contribution < 1.29 is 8.42 Å². The summed E-state index contributed by atoms with van der Waals surface area (Å²) in [6, 6.07) is 8.24. The molecule has 0 unspecified atom stereocenters. The van der Waals surface area contributed by atoms with Crippen LogP contribution in [0.25, 0.3) is 0 Å². The molecule has 128 valence electrons. The first-order valence-electron chi connectivity index (χ1n) is 8.20. The maximum atomic E-state index is 11.7. The van der Waals surface area contributed by atoms with Gasteiger partial charge in [-0.2, -0.15) is 0 Å². The van der Waals surface area contributed by atoms with Crippen LogP contribution in [-0.4, -0.2) is 42.5 Å². The topological polar surface area (TPSA) is 49.4 Å². The SMILES string of the molecule is CCCN(C(=S)Nc1ccc(C(C)C)cc1)[C@@H]1CCS(=O)(=O)C1. The van der Waals surface area contributed by atoms with Gasteiger partial charge in [-0.05, 0) is 48.7 Å². The minimum atomic E-state index is -2.91. The zero-order chi connectivity index (χ0) is 17.0. The zero-order valence-corrected chi connectivity index (χ0v) is 15.7. The highest BCUT2D eigenvalue weighted by Gasteiger charge is 2.33. The van der Waals surface area contributed by atoms with Crippen molar-refractivity contribution in [1.82, 2.24) is 4.90 Å². The molecule has 1 N–H and O–H groups in total. The number of rotatable bonds is 5. The highest BCUT2D eigenvalue weighted by molar-refractivity contribution is 7.91. The summed E-state index contributed by atoms with van der Waals surface area (Å²) in [6.45, 7) is 7.18. The molecular weight excluding hydrogens is 328 g/mol. The fraction of sp³-hybridized carbons (Fsp3) is 0.588. The predicted molar refractivity (Wildman–Crippen MR) is 101 cm³/mol. The Kier molecular flexibility index (Phi) is 6.03. The van der Waals surface area contributed by atoms with Crippen molar-refractivity contribution >= 4 is 32.9 Å². The van der Waals surface area contributed by atoms with E-state index in [1.54, 1.807) is 0 Å². The molecular formula is C17H26N2O2S2. The van der Waals surface area contributed by atoms with Crippen molar-refractivity contribution in [3.63, 3.8) is 0 Å². The van der Waals surface area contributed by atoms with Gasteiger partial charge in [0.25, 0.3) is 0 Å². The molecule has 1 aliphatic heterocycles. The standard InChI is InChI=1S/C17H26N2O2S2/c1-4-10-19(16-9-11-23(20,21)12-16)17(22)18-15-7-5-14(6-8-15)13(2)3/h5-8,13,16H,4,9-12H2,1-3H3,(H,18,22)/t16-/m1/s1. The molecule has 1 heterocycles. The summed E-state index contributed by atoms with van der Waals surface area (Å²) in [7, 11) is -2.91. The maximum Gasteiger partial charge on any atom is 0.173 e. The van der Waals surface area contributed by atoms with Gasteiger partial charge in [0.15, 0.2) is 14.9 Å². The van der Waals surface area contributed by atoms with Crippen LogP contribution in [0, 0.1) is 0 Å². The van der Waals surface area contributed by atoms with E-state index in [1.807, 2.05) is 17.0 Å². The first-order chi connectivity index (χ1) is 10.8. The number of nitrogens with zero attached hydrogens (tertiary/aromatic N) is 1. The van der Waals surface area contributed by atoms with Crippen LogP contribution in [-0.2, 0) is 9.84 Å². The Balaban J connectivity index is 2.06. The third-order valence-corrected chi connectivity index (χ3v) is 6.29. The number of anilines is 1. The van der Waals surface area contributed by atoms with Crippen molar-refractivity contribution in [1.29, 1.82) is 0 Å². The Bertz CT molecular complexity index is 639. The highest BCUT2D eigenvalue weighted by atomic mass is 32.2. The number of sulfone groups is 1. The van der Waals surface area contributed by atoms with E-state index < -0.39 is 9.84 Å². The predicted octanol–water partition coefficient (Wildman–Crippen LogP) is 3.41. The van der Waals surface area contributed by atoms with E-state index in [4.69, 9.17) is 12.2 Å². The smallest absolute Gasteiger partial charge is 0.173 e. The highest BCUT2D eigenvalue weighted by Crippen LogP contribution is 2.21. The Morgan fingerprint density at radius 3 is 2.48 bits per heavy atom. The van der Waals surface area contributed by atoms with Crippen LogP contribution in [0.3, 0.4) is 0 Å². The fourth-order valence-corrected chi connectivity index (χ4v) is 4.95. The van der Waals surface area contributed by atoms with E-state index in [1.165, 1.54) is 5.56 Å². The van der Waals surface area contributed by atoms with E-state index >= 15 is 0 Å². The second kappa shape index (κ2) is 7.62. The summed E-state index contributed by atoms with van der Waals surface area (Å²) >= 11 is 5.54. The van der Waals surface area contributed by atoms with Crippen molar-refractivity contribution in [2.45, 2.75) is 45.6 Å². The molecule has 0 radical (unpaired) electrons. The molecule has 1 aromatic rings. The lowest BCUT2D eigenvalue weighted by molar-refractivity contribution is 0.339. The Morgan fingerprint density at radius 1 is 1.35 bits per heavy atom. The average molecular weight is 355 g/mol. The van der Waals surface area contributed by atoms with Crippen molar-refractivity contribution in [3.05, 3.63) is 29.8 Å². The largest absolute Gasteiger partial charge is 0.345 e. The molecule has 1 atom stereocenters. The number of thiocarbonyl (C=S) groups is 1. The van der Waals surface area contributed by atoms with Gasteiger partial charge in [-0.25, -0.2) is 8.42 Å². The molecule has 6 heteroatoms.